The van der Waals surface area contributed by atoms with Crippen molar-refractivity contribution in [2.75, 3.05) is 5.33 Å². The molecule has 0 radical (unpaired) electrons. The lowest BCUT2D eigenvalue weighted by Gasteiger charge is -1.96. The molecule has 0 amide bonds. The minimum Gasteiger partial charge on any atom is -0.508 e. The van der Waals surface area contributed by atoms with Crippen molar-refractivity contribution >= 4 is 21.7 Å². The Morgan fingerprint density at radius 3 is 2.75 bits per heavy atom. The molecule has 2 rings (SSSR count). The van der Waals surface area contributed by atoms with E-state index in [1.165, 1.54) is 0 Å². The fourth-order valence-corrected chi connectivity index (χ4v) is 1.90. The van der Waals surface area contributed by atoms with E-state index in [9.17, 15) is 4.79 Å². The average molecular weight is 283 g/mol. The van der Waals surface area contributed by atoms with E-state index in [0.29, 0.717) is 6.42 Å². The zero-order valence-electron chi connectivity index (χ0n) is 9.24. The number of halogens is 1. The fraction of sp³-hybridized carbons (Fsp3) is 0.308. The molecule has 0 saturated heterocycles. The molecule has 0 unspecified atom stereocenters. The third-order valence-electron chi connectivity index (χ3n) is 2.34. The van der Waals surface area contributed by atoms with Crippen LogP contribution in [-0.4, -0.2) is 16.2 Å². The van der Waals surface area contributed by atoms with E-state index in [1.807, 2.05) is 19.1 Å². The summed E-state index contributed by atoms with van der Waals surface area (Å²) in [7, 11) is 0. The summed E-state index contributed by atoms with van der Waals surface area (Å²) in [6, 6.07) is 4.92. The Balaban J connectivity index is 0.000000221. The predicted molar refractivity (Wildman–Crippen MR) is 69.4 cm³/mol. The lowest BCUT2D eigenvalue weighted by molar-refractivity contribution is 0.0994. The first-order valence-corrected chi connectivity index (χ1v) is 6.33. The predicted octanol–water partition coefficient (Wildman–Crippen LogP) is 3.48. The molecule has 0 atom stereocenters. The summed E-state index contributed by atoms with van der Waals surface area (Å²) in [5, 5.41) is 10.0. The van der Waals surface area contributed by atoms with E-state index in [4.69, 9.17) is 5.11 Å². The number of Topliss-reactive ketones (excluding diaryl/α,β-unsaturated/α-hetero) is 1. The van der Waals surface area contributed by atoms with E-state index < -0.39 is 0 Å². The molecule has 0 heterocycles. The van der Waals surface area contributed by atoms with E-state index in [-0.39, 0.29) is 11.5 Å². The van der Waals surface area contributed by atoms with Gasteiger partial charge in [-0.15, -0.1) is 0 Å². The number of hydrogen-bond acceptors (Lipinski definition) is 2. The molecular formula is C13H15BrO2. The maximum absolute atomic E-state index is 11.1. The van der Waals surface area contributed by atoms with Crippen LogP contribution >= 0.6 is 15.9 Å². The minimum atomic E-state index is 0.194. The number of carbonyl (C=O) groups is 1. The Morgan fingerprint density at radius 1 is 1.44 bits per heavy atom. The van der Waals surface area contributed by atoms with Gasteiger partial charge >= 0.3 is 0 Å². The number of phenols is 1. The van der Waals surface area contributed by atoms with Gasteiger partial charge in [0, 0.05) is 17.3 Å². The minimum absolute atomic E-state index is 0.194. The number of rotatable bonds is 1. The standard InChI is InChI=1S/C9H8O2.C4H7Br/c10-7-2-3-8-6(5-7)1-4-9(8)11;1-2-3-4-5/h2-3,5,10H,1,4H2;2-3H,4H2,1H3/b;3-2+. The van der Waals surface area contributed by atoms with Gasteiger partial charge in [-0.25, -0.2) is 0 Å². The summed E-state index contributed by atoms with van der Waals surface area (Å²) in [6.45, 7) is 2.00. The second kappa shape index (κ2) is 6.48. The lowest BCUT2D eigenvalue weighted by atomic mass is 10.1. The molecule has 1 aromatic rings. The highest BCUT2D eigenvalue weighted by Gasteiger charge is 2.18. The summed E-state index contributed by atoms with van der Waals surface area (Å²) in [5.41, 5.74) is 1.76. The fourth-order valence-electron chi connectivity index (χ4n) is 1.53. The van der Waals surface area contributed by atoms with Crippen LogP contribution in [0.25, 0.3) is 0 Å². The lowest BCUT2D eigenvalue weighted by Crippen LogP contribution is -1.89. The number of fused-ring (bicyclic) bond motifs is 1. The Hall–Kier alpha value is -1.09. The summed E-state index contributed by atoms with van der Waals surface area (Å²) in [5.74, 6) is 0.443. The van der Waals surface area contributed by atoms with E-state index in [1.54, 1.807) is 18.2 Å². The van der Waals surface area contributed by atoms with E-state index >= 15 is 0 Å². The van der Waals surface area contributed by atoms with Crippen molar-refractivity contribution in [2.45, 2.75) is 19.8 Å². The zero-order valence-corrected chi connectivity index (χ0v) is 10.8. The number of benzene rings is 1. The molecule has 0 bridgehead atoms. The van der Waals surface area contributed by atoms with Crippen molar-refractivity contribution in [1.82, 2.24) is 0 Å². The van der Waals surface area contributed by atoms with Crippen molar-refractivity contribution in [3.8, 4) is 5.75 Å². The largest absolute Gasteiger partial charge is 0.508 e. The number of phenolic OH excluding ortho intramolecular Hbond substituents is 1. The molecule has 0 fully saturated rings. The van der Waals surface area contributed by atoms with Crippen molar-refractivity contribution in [3.63, 3.8) is 0 Å². The average Bonchev–Trinajstić information content (AvgIpc) is 2.62. The maximum Gasteiger partial charge on any atom is 0.163 e. The number of aryl methyl sites for hydroxylation is 1. The molecule has 0 saturated carbocycles. The van der Waals surface area contributed by atoms with Crippen LogP contribution < -0.4 is 0 Å². The molecule has 1 aliphatic carbocycles. The smallest absolute Gasteiger partial charge is 0.163 e. The van der Waals surface area contributed by atoms with Gasteiger partial charge < -0.3 is 5.11 Å². The van der Waals surface area contributed by atoms with E-state index in [2.05, 4.69) is 15.9 Å². The number of aromatic hydroxyl groups is 1. The Bertz CT molecular complexity index is 397. The SMILES string of the molecule is C/C=C/CBr.O=C1CCc2cc(O)ccc21. The van der Waals surface area contributed by atoms with Crippen LogP contribution in [0.4, 0.5) is 0 Å². The number of alkyl halides is 1. The van der Waals surface area contributed by atoms with Crippen molar-refractivity contribution in [2.24, 2.45) is 0 Å². The van der Waals surface area contributed by atoms with Crippen LogP contribution in [0.15, 0.2) is 30.4 Å². The number of ketones is 1. The van der Waals surface area contributed by atoms with Gasteiger partial charge in [0.25, 0.3) is 0 Å². The van der Waals surface area contributed by atoms with Crippen LogP contribution in [0.1, 0.15) is 29.3 Å². The summed E-state index contributed by atoms with van der Waals surface area (Å²) in [4.78, 5) is 11.1. The first-order chi connectivity index (χ1) is 7.69. The first kappa shape index (κ1) is 13.0. The van der Waals surface area contributed by atoms with Crippen molar-refractivity contribution in [1.29, 1.82) is 0 Å². The van der Waals surface area contributed by atoms with Gasteiger partial charge in [0.1, 0.15) is 5.75 Å². The molecule has 86 valence electrons. The molecule has 16 heavy (non-hydrogen) atoms. The third kappa shape index (κ3) is 3.49. The number of carbonyl (C=O) groups excluding carboxylic acids is 1. The van der Waals surface area contributed by atoms with Crippen molar-refractivity contribution in [3.05, 3.63) is 41.5 Å². The van der Waals surface area contributed by atoms with Gasteiger partial charge in [0.2, 0.25) is 0 Å². The Labute approximate surface area is 104 Å². The topological polar surface area (TPSA) is 37.3 Å². The Morgan fingerprint density at radius 2 is 2.19 bits per heavy atom. The normalized spacial score (nSPS) is 13.5. The Kier molecular flexibility index (Phi) is 5.26. The highest BCUT2D eigenvalue weighted by atomic mass is 79.9. The van der Waals surface area contributed by atoms with Gasteiger partial charge in [0.15, 0.2) is 5.78 Å². The van der Waals surface area contributed by atoms with Gasteiger partial charge in [0.05, 0.1) is 0 Å². The van der Waals surface area contributed by atoms with Crippen LogP contribution in [0.2, 0.25) is 0 Å². The highest BCUT2D eigenvalue weighted by Crippen LogP contribution is 2.24. The van der Waals surface area contributed by atoms with Crippen molar-refractivity contribution < 1.29 is 9.90 Å². The highest BCUT2D eigenvalue weighted by molar-refractivity contribution is 9.09. The molecule has 0 aromatic heterocycles. The molecule has 1 aromatic carbocycles. The zero-order chi connectivity index (χ0) is 12.0. The first-order valence-electron chi connectivity index (χ1n) is 5.21. The summed E-state index contributed by atoms with van der Waals surface area (Å²) < 4.78 is 0. The quantitative estimate of drug-likeness (QED) is 0.633. The van der Waals surface area contributed by atoms with Gasteiger partial charge in [-0.1, -0.05) is 28.1 Å². The molecule has 1 N–H and O–H groups in total. The molecule has 2 nitrogen and oxygen atoms in total. The number of hydrogen-bond donors (Lipinski definition) is 1. The third-order valence-corrected chi connectivity index (χ3v) is 2.71. The molecule has 3 heteroatoms. The second-order valence-corrected chi connectivity index (χ2v) is 4.14. The molecule has 1 aliphatic rings. The van der Waals surface area contributed by atoms with Gasteiger partial charge in [-0.3, -0.25) is 4.79 Å². The maximum atomic E-state index is 11.1. The summed E-state index contributed by atoms with van der Waals surface area (Å²) in [6.07, 6.45) is 5.43. The molecular weight excluding hydrogens is 268 g/mol. The number of allylic oxidation sites excluding steroid dienone is 2. The van der Waals surface area contributed by atoms with Gasteiger partial charge in [-0.2, -0.15) is 0 Å². The summed E-state index contributed by atoms with van der Waals surface area (Å²) >= 11 is 3.22. The van der Waals surface area contributed by atoms with Crippen LogP contribution in [-0.2, 0) is 6.42 Å². The monoisotopic (exact) mass is 282 g/mol. The molecule has 0 aliphatic heterocycles. The van der Waals surface area contributed by atoms with E-state index in [0.717, 1.165) is 22.9 Å². The van der Waals surface area contributed by atoms with Gasteiger partial charge in [-0.05, 0) is 37.1 Å². The molecule has 0 spiro atoms. The second-order valence-electron chi connectivity index (χ2n) is 3.49. The van der Waals surface area contributed by atoms with Crippen LogP contribution in [0.5, 0.6) is 5.75 Å². The van der Waals surface area contributed by atoms with Crippen LogP contribution in [0, 0.1) is 0 Å². The van der Waals surface area contributed by atoms with Crippen LogP contribution in [0.3, 0.4) is 0 Å².